The zero-order valence-electron chi connectivity index (χ0n) is 15.9. The normalized spacial score (nSPS) is 11.1. The average molecular weight is 354 g/mol. The maximum absolute atomic E-state index is 12.7. The van der Waals surface area contributed by atoms with Crippen molar-refractivity contribution in [2.45, 2.75) is 33.1 Å². The number of hydrogen-bond donors (Lipinski definition) is 0. The second-order valence-electron chi connectivity index (χ2n) is 6.95. The molecule has 0 N–H and O–H groups in total. The summed E-state index contributed by atoms with van der Waals surface area (Å²) in [7, 11) is 3.20. The summed E-state index contributed by atoms with van der Waals surface area (Å²) in [6.07, 6.45) is 1.13. The molecule has 2 rings (SSSR count). The lowest BCUT2D eigenvalue weighted by atomic mass is 9.79. The topological polar surface area (TPSA) is 52.6 Å². The third-order valence-electron chi connectivity index (χ3n) is 4.57. The molecule has 0 atom stereocenters. The monoisotopic (exact) mass is 354 g/mol. The van der Waals surface area contributed by atoms with Crippen LogP contribution < -0.4 is 9.47 Å². The summed E-state index contributed by atoms with van der Waals surface area (Å²) in [6.45, 7) is 3.67. The van der Waals surface area contributed by atoms with Crippen molar-refractivity contribution in [3.8, 4) is 11.5 Å². The molecule has 0 unspecified atom stereocenters. The Hall–Kier alpha value is -2.62. The average Bonchev–Trinajstić information content (AvgIpc) is 2.66. The molecule has 0 aromatic heterocycles. The van der Waals surface area contributed by atoms with Crippen LogP contribution in [0.25, 0.3) is 0 Å². The van der Waals surface area contributed by atoms with Gasteiger partial charge in [0.05, 0.1) is 14.2 Å². The van der Waals surface area contributed by atoms with Crippen LogP contribution in [0, 0.1) is 5.41 Å². The van der Waals surface area contributed by atoms with E-state index < -0.39 is 5.41 Å². The molecule has 0 saturated heterocycles. The van der Waals surface area contributed by atoms with Crippen LogP contribution in [-0.2, 0) is 11.2 Å². The first-order chi connectivity index (χ1) is 12.4. The van der Waals surface area contributed by atoms with E-state index in [2.05, 4.69) is 0 Å². The number of methoxy groups -OCH3 is 2. The first-order valence-corrected chi connectivity index (χ1v) is 8.70. The summed E-state index contributed by atoms with van der Waals surface area (Å²) in [5, 5.41) is 0. The Morgan fingerprint density at radius 2 is 1.65 bits per heavy atom. The standard InChI is InChI=1S/C22H26O4/c1-22(2,15-19(23)16-8-6-5-7-9-16)21(24)13-11-17-10-12-18(25-3)14-20(17)26-4/h5-10,12,14H,11,13,15H2,1-4H3. The van der Waals surface area contributed by atoms with Gasteiger partial charge in [0.1, 0.15) is 17.3 Å². The molecule has 0 fully saturated rings. The number of ether oxygens (including phenoxy) is 2. The highest BCUT2D eigenvalue weighted by molar-refractivity contribution is 5.99. The van der Waals surface area contributed by atoms with E-state index in [1.807, 2.05) is 50.2 Å². The number of Topliss-reactive ketones (excluding diaryl/α,β-unsaturated/α-hetero) is 2. The highest BCUT2D eigenvalue weighted by atomic mass is 16.5. The summed E-state index contributed by atoms with van der Waals surface area (Å²) in [5.74, 6) is 1.48. The fourth-order valence-electron chi connectivity index (χ4n) is 2.87. The number of rotatable bonds is 9. The minimum atomic E-state index is -0.702. The Bertz CT molecular complexity index is 763. The maximum Gasteiger partial charge on any atom is 0.163 e. The van der Waals surface area contributed by atoms with Gasteiger partial charge in [-0.1, -0.05) is 50.2 Å². The van der Waals surface area contributed by atoms with E-state index in [1.165, 1.54) is 0 Å². The van der Waals surface area contributed by atoms with E-state index in [0.29, 0.717) is 29.9 Å². The summed E-state index contributed by atoms with van der Waals surface area (Å²) in [5.41, 5.74) is 0.893. The molecule has 0 aliphatic rings. The van der Waals surface area contributed by atoms with Gasteiger partial charge in [0, 0.05) is 29.9 Å². The van der Waals surface area contributed by atoms with Crippen molar-refractivity contribution in [1.82, 2.24) is 0 Å². The van der Waals surface area contributed by atoms with Gasteiger partial charge >= 0.3 is 0 Å². The van der Waals surface area contributed by atoms with Crippen molar-refractivity contribution >= 4 is 11.6 Å². The van der Waals surface area contributed by atoms with Crippen molar-refractivity contribution < 1.29 is 19.1 Å². The largest absolute Gasteiger partial charge is 0.497 e. The molecular formula is C22H26O4. The van der Waals surface area contributed by atoms with Crippen LogP contribution in [0.2, 0.25) is 0 Å². The van der Waals surface area contributed by atoms with E-state index in [0.717, 1.165) is 5.56 Å². The Morgan fingerprint density at radius 3 is 2.27 bits per heavy atom. The summed E-state index contributed by atoms with van der Waals surface area (Å²) >= 11 is 0. The summed E-state index contributed by atoms with van der Waals surface area (Å²) in [6, 6.07) is 14.7. The van der Waals surface area contributed by atoms with Crippen molar-refractivity contribution in [3.05, 3.63) is 59.7 Å². The lowest BCUT2D eigenvalue weighted by Gasteiger charge is -2.22. The van der Waals surface area contributed by atoms with Gasteiger partial charge in [0.25, 0.3) is 0 Å². The van der Waals surface area contributed by atoms with Gasteiger partial charge in [0.2, 0.25) is 0 Å². The quantitative estimate of drug-likeness (QED) is 0.622. The fraction of sp³-hybridized carbons (Fsp3) is 0.364. The Balaban J connectivity index is 2.01. The van der Waals surface area contributed by atoms with Crippen molar-refractivity contribution in [2.24, 2.45) is 5.41 Å². The van der Waals surface area contributed by atoms with E-state index in [-0.39, 0.29) is 18.0 Å². The molecule has 4 nitrogen and oxygen atoms in total. The second kappa shape index (κ2) is 8.65. The smallest absolute Gasteiger partial charge is 0.163 e. The molecule has 0 aliphatic carbocycles. The number of hydrogen-bond acceptors (Lipinski definition) is 4. The third kappa shape index (κ3) is 4.94. The predicted molar refractivity (Wildman–Crippen MR) is 102 cm³/mol. The molecule has 0 spiro atoms. The van der Waals surface area contributed by atoms with Crippen LogP contribution in [-0.4, -0.2) is 25.8 Å². The van der Waals surface area contributed by atoms with Crippen LogP contribution in [0.15, 0.2) is 48.5 Å². The number of carbonyl (C=O) groups is 2. The fourth-order valence-corrected chi connectivity index (χ4v) is 2.87. The van der Waals surface area contributed by atoms with E-state index >= 15 is 0 Å². The second-order valence-corrected chi connectivity index (χ2v) is 6.95. The van der Waals surface area contributed by atoms with Crippen LogP contribution in [0.3, 0.4) is 0 Å². The Kier molecular flexibility index (Phi) is 6.56. The Morgan fingerprint density at radius 1 is 0.962 bits per heavy atom. The molecule has 138 valence electrons. The zero-order chi connectivity index (χ0) is 19.2. The highest BCUT2D eigenvalue weighted by Crippen LogP contribution is 2.29. The predicted octanol–water partition coefficient (Wildman–Crippen LogP) is 4.50. The molecule has 4 heteroatoms. The summed E-state index contributed by atoms with van der Waals surface area (Å²) < 4.78 is 10.6. The lowest BCUT2D eigenvalue weighted by Crippen LogP contribution is -2.27. The Labute approximate surface area is 155 Å². The van der Waals surface area contributed by atoms with E-state index in [1.54, 1.807) is 26.4 Å². The van der Waals surface area contributed by atoms with Gasteiger partial charge in [0.15, 0.2) is 5.78 Å². The molecular weight excluding hydrogens is 328 g/mol. The van der Waals surface area contributed by atoms with Gasteiger partial charge in [-0.15, -0.1) is 0 Å². The van der Waals surface area contributed by atoms with Crippen molar-refractivity contribution in [2.75, 3.05) is 14.2 Å². The van der Waals surface area contributed by atoms with Crippen LogP contribution in [0.1, 0.15) is 42.6 Å². The van der Waals surface area contributed by atoms with Gasteiger partial charge in [-0.3, -0.25) is 9.59 Å². The van der Waals surface area contributed by atoms with Crippen LogP contribution in [0.4, 0.5) is 0 Å². The van der Waals surface area contributed by atoms with Gasteiger partial charge in [-0.2, -0.15) is 0 Å². The minimum absolute atomic E-state index is 0.00835. The van der Waals surface area contributed by atoms with Crippen LogP contribution in [0.5, 0.6) is 11.5 Å². The molecule has 0 saturated carbocycles. The SMILES string of the molecule is COc1ccc(CCC(=O)C(C)(C)CC(=O)c2ccccc2)c(OC)c1. The third-order valence-corrected chi connectivity index (χ3v) is 4.57. The van der Waals surface area contributed by atoms with Crippen molar-refractivity contribution in [1.29, 1.82) is 0 Å². The molecule has 0 heterocycles. The maximum atomic E-state index is 12.7. The van der Waals surface area contributed by atoms with Gasteiger partial charge in [-0.05, 0) is 18.1 Å². The molecule has 0 bridgehead atoms. The molecule has 0 radical (unpaired) electrons. The van der Waals surface area contributed by atoms with Crippen molar-refractivity contribution in [3.63, 3.8) is 0 Å². The molecule has 26 heavy (non-hydrogen) atoms. The highest BCUT2D eigenvalue weighted by Gasteiger charge is 2.30. The van der Waals surface area contributed by atoms with E-state index in [9.17, 15) is 9.59 Å². The van der Waals surface area contributed by atoms with E-state index in [4.69, 9.17) is 9.47 Å². The molecule has 0 amide bonds. The number of aryl methyl sites for hydroxylation is 1. The first-order valence-electron chi connectivity index (χ1n) is 8.70. The lowest BCUT2D eigenvalue weighted by molar-refractivity contribution is -0.127. The number of benzene rings is 2. The van der Waals surface area contributed by atoms with Gasteiger partial charge in [-0.25, -0.2) is 0 Å². The zero-order valence-corrected chi connectivity index (χ0v) is 15.9. The molecule has 2 aromatic rings. The van der Waals surface area contributed by atoms with Crippen LogP contribution >= 0.6 is 0 Å². The first kappa shape index (κ1) is 19.7. The number of carbonyl (C=O) groups excluding carboxylic acids is 2. The molecule has 2 aromatic carbocycles. The minimum Gasteiger partial charge on any atom is -0.497 e. The summed E-state index contributed by atoms with van der Waals surface area (Å²) in [4.78, 5) is 25.1. The molecule has 0 aliphatic heterocycles. The number of ketones is 2. The van der Waals surface area contributed by atoms with Gasteiger partial charge < -0.3 is 9.47 Å².